The van der Waals surface area contributed by atoms with Crippen LogP contribution in [0.25, 0.3) is 0 Å². The Morgan fingerprint density at radius 3 is 1.24 bits per heavy atom. The molecule has 31 nitrogen and oxygen atoms in total. The predicted octanol–water partition coefficient (Wildman–Crippen LogP) is 10.9. The molecule has 1 aromatic rings. The van der Waals surface area contributed by atoms with Crippen molar-refractivity contribution in [3.05, 3.63) is 33.4 Å². The summed E-state index contributed by atoms with van der Waals surface area (Å²) in [7, 11) is 0. The average Bonchev–Trinajstić information content (AvgIpc) is 0.768. The SMILES string of the molecule is CCCCCCCCCCCCCCCCOCC(CN(CCO[C@@H]1O[C@H](CO[C@H]2O[C@H](COC(C)=O)[C@@H](OC(C)=O)[C@H](OC(C)=O)[C@@H]2O[C@@H]2O[C@H](COC(C)=O)[C@@H](OC(C)=O)[C@H](OC(C)=O)[C@H]2NC(C)=O)[C@@H](OC(C)=O)[C@H](OC(C)=O)[C@H]1OC(C)=O)C(=O)CCCCCCCCCCCCCCc1ccc(I)cc1)OC(C)=O. The standard InChI is InChI=1S/C82H129IN2O29/c1-13-14-15-16-17-18-19-20-23-26-29-32-35-38-46-98-49-66(103-56(5)89)48-85(70(97)40-37-34-31-28-25-22-21-24-27-30-33-36-39-64-41-43-65(83)44-42-64)45-47-99-81-78(110-63(12)96)76(108-61(10)94)74(106-59(8)92)69(112-81)52-102-82-79(77(109-62(11)95)73(105-58(7)91)68(113-82)51-101-55(4)88)114-80-71(84-53(2)86)75(107-60(9)93)72(104-57(6)90)67(111-80)50-100-54(3)87/h41-44,66-69,71-82H,13-40,45-52H2,1-12H3,(H,84,86)/t66?,67-,68-,69-,71-,72-,73-,74-,75-,76+,77+,78-,79+,80+,81-,82+/m1/s1. The molecule has 32 heteroatoms. The Hall–Kier alpha value is -6.69. The Labute approximate surface area is 686 Å². The molecule has 16 atom stereocenters. The maximum absolute atomic E-state index is 14.6. The monoisotopic (exact) mass is 1730 g/mol. The van der Waals surface area contributed by atoms with Crippen LogP contribution in [0.2, 0.25) is 0 Å². The molecule has 3 fully saturated rings. The van der Waals surface area contributed by atoms with Gasteiger partial charge < -0.3 is 90.7 Å². The lowest BCUT2D eigenvalue weighted by molar-refractivity contribution is -0.364. The first-order chi connectivity index (χ1) is 54.5. The number of nitrogens with one attached hydrogen (secondary N) is 1. The highest BCUT2D eigenvalue weighted by atomic mass is 127. The van der Waals surface area contributed by atoms with Gasteiger partial charge in [-0.05, 0) is 66.0 Å². The molecule has 0 spiro atoms. The maximum atomic E-state index is 14.6. The molecule has 0 aliphatic carbocycles. The fourth-order valence-corrected chi connectivity index (χ4v) is 14.4. The van der Waals surface area contributed by atoms with Crippen LogP contribution in [-0.4, -0.2) is 227 Å². The molecule has 3 heterocycles. The van der Waals surface area contributed by atoms with Crippen LogP contribution in [0.5, 0.6) is 0 Å². The van der Waals surface area contributed by atoms with Gasteiger partial charge in [-0.15, -0.1) is 0 Å². The Morgan fingerprint density at radius 1 is 0.404 bits per heavy atom. The Kier molecular flexibility index (Phi) is 49.5. The zero-order chi connectivity index (χ0) is 83.9. The average molecular weight is 1730 g/mol. The molecule has 0 radical (unpaired) electrons. The highest BCUT2D eigenvalue weighted by molar-refractivity contribution is 14.1. The zero-order valence-electron chi connectivity index (χ0n) is 69.2. The summed E-state index contributed by atoms with van der Waals surface area (Å²) >= 11 is 2.32. The molecule has 0 saturated carbocycles. The van der Waals surface area contributed by atoms with Gasteiger partial charge in [-0.3, -0.25) is 57.5 Å². The van der Waals surface area contributed by atoms with Crippen molar-refractivity contribution >= 4 is 94.1 Å². The van der Waals surface area contributed by atoms with E-state index < -0.39 is 190 Å². The third-order valence-corrected chi connectivity index (χ3v) is 19.9. The summed E-state index contributed by atoms with van der Waals surface area (Å²) < 4.78 is 103. The maximum Gasteiger partial charge on any atom is 0.303 e. The van der Waals surface area contributed by atoms with Crippen LogP contribution in [0.3, 0.4) is 0 Å². The number of benzene rings is 1. The van der Waals surface area contributed by atoms with E-state index >= 15 is 0 Å². The number of hydrogen-bond donors (Lipinski definition) is 1. The van der Waals surface area contributed by atoms with Crippen LogP contribution >= 0.6 is 22.6 Å². The molecular weight excluding hydrogens is 1600 g/mol. The number of carbonyl (C=O) groups is 12. The number of halogens is 1. The topological polar surface area (TPSA) is 377 Å². The van der Waals surface area contributed by atoms with Crippen molar-refractivity contribution in [3.63, 3.8) is 0 Å². The Morgan fingerprint density at radius 2 is 0.789 bits per heavy atom. The second kappa shape index (κ2) is 56.6. The number of amides is 2. The molecule has 3 saturated heterocycles. The largest absolute Gasteiger partial charge is 0.463 e. The van der Waals surface area contributed by atoms with Gasteiger partial charge in [0.1, 0.15) is 43.7 Å². The van der Waals surface area contributed by atoms with E-state index in [9.17, 15) is 57.5 Å². The number of nitrogens with zero attached hydrogens (tertiary/aromatic N) is 1. The summed E-state index contributed by atoms with van der Waals surface area (Å²) in [5.41, 5.74) is 1.38. The highest BCUT2D eigenvalue weighted by Gasteiger charge is 2.59. The van der Waals surface area contributed by atoms with Crippen LogP contribution in [-0.2, 0) is 144 Å². The van der Waals surface area contributed by atoms with Crippen molar-refractivity contribution in [1.82, 2.24) is 10.2 Å². The van der Waals surface area contributed by atoms with E-state index in [4.69, 9.17) is 80.5 Å². The van der Waals surface area contributed by atoms with Crippen LogP contribution in [0.15, 0.2) is 24.3 Å². The van der Waals surface area contributed by atoms with Crippen LogP contribution in [0.1, 0.15) is 262 Å². The minimum absolute atomic E-state index is 0.0291. The number of esters is 10. The lowest BCUT2D eigenvalue weighted by Gasteiger charge is -2.49. The van der Waals surface area contributed by atoms with Crippen LogP contribution < -0.4 is 5.32 Å². The molecule has 1 aromatic carbocycles. The summed E-state index contributed by atoms with van der Waals surface area (Å²) in [4.78, 5) is 159. The van der Waals surface area contributed by atoms with E-state index in [0.29, 0.717) is 13.0 Å². The van der Waals surface area contributed by atoms with Crippen molar-refractivity contribution in [3.8, 4) is 0 Å². The van der Waals surface area contributed by atoms with Gasteiger partial charge in [0.25, 0.3) is 0 Å². The van der Waals surface area contributed by atoms with Crippen molar-refractivity contribution in [2.45, 2.75) is 361 Å². The number of rotatable bonds is 56. The predicted molar refractivity (Wildman–Crippen MR) is 419 cm³/mol. The first kappa shape index (κ1) is 99.7. The number of hydrogen-bond acceptors (Lipinski definition) is 29. The van der Waals surface area contributed by atoms with Crippen molar-refractivity contribution in [1.29, 1.82) is 0 Å². The van der Waals surface area contributed by atoms with E-state index in [1.807, 2.05) is 0 Å². The number of unbranched alkanes of at least 4 members (excludes halogenated alkanes) is 24. The van der Waals surface area contributed by atoms with Crippen molar-refractivity contribution in [2.75, 3.05) is 52.7 Å². The summed E-state index contributed by atoms with van der Waals surface area (Å²) in [6, 6.07) is 7.02. The molecular formula is C82H129IN2O29. The van der Waals surface area contributed by atoms with Crippen LogP contribution in [0, 0.1) is 3.57 Å². The van der Waals surface area contributed by atoms with Gasteiger partial charge in [-0.25, -0.2) is 0 Å². The van der Waals surface area contributed by atoms with Crippen LogP contribution in [0.4, 0.5) is 0 Å². The van der Waals surface area contributed by atoms with Gasteiger partial charge in [-0.1, -0.05) is 167 Å². The third kappa shape index (κ3) is 40.9. The number of ether oxygens (including phenoxy) is 17. The zero-order valence-corrected chi connectivity index (χ0v) is 71.3. The van der Waals surface area contributed by atoms with Gasteiger partial charge >= 0.3 is 59.7 Å². The van der Waals surface area contributed by atoms with Crippen molar-refractivity contribution < 1.29 is 138 Å². The molecule has 1 unspecified atom stereocenters. The summed E-state index contributed by atoms with van der Waals surface area (Å²) in [6.45, 7) is 11.2. The van der Waals surface area contributed by atoms with E-state index in [-0.39, 0.29) is 32.0 Å². The third-order valence-electron chi connectivity index (χ3n) is 19.1. The van der Waals surface area contributed by atoms with E-state index in [2.05, 4.69) is 59.1 Å². The van der Waals surface area contributed by atoms with Gasteiger partial charge in [0.05, 0.1) is 26.4 Å². The highest BCUT2D eigenvalue weighted by Crippen LogP contribution is 2.37. The first-order valence-corrected chi connectivity index (χ1v) is 41.9. The van der Waals surface area contributed by atoms with Gasteiger partial charge in [-0.2, -0.15) is 0 Å². The molecule has 4 rings (SSSR count). The lowest BCUT2D eigenvalue weighted by atomic mass is 9.94. The Bertz CT molecular complexity index is 3070. The molecule has 2 amide bonds. The minimum atomic E-state index is -2.01. The second-order valence-electron chi connectivity index (χ2n) is 29.4. The molecule has 3 aliphatic rings. The molecule has 0 aromatic heterocycles. The first-order valence-electron chi connectivity index (χ1n) is 40.8. The fraction of sp³-hybridized carbons (Fsp3) is 0.780. The number of carbonyl (C=O) groups excluding carboxylic acids is 12. The minimum Gasteiger partial charge on any atom is -0.463 e. The fourth-order valence-electron chi connectivity index (χ4n) is 14.0. The molecule has 0 bridgehead atoms. The van der Waals surface area contributed by atoms with Gasteiger partial charge in [0, 0.05) is 99.3 Å². The number of aryl methyl sites for hydroxylation is 1. The van der Waals surface area contributed by atoms with Crippen molar-refractivity contribution in [2.24, 2.45) is 0 Å². The Balaban J connectivity index is 1.67. The van der Waals surface area contributed by atoms with Gasteiger partial charge in [0.2, 0.25) is 11.8 Å². The smallest absolute Gasteiger partial charge is 0.303 e. The summed E-state index contributed by atoms with van der Waals surface area (Å²) in [5.74, 6) is -10.1. The quantitative estimate of drug-likeness (QED) is 0.0274. The normalized spacial score (nSPS) is 23.5. The van der Waals surface area contributed by atoms with E-state index in [1.165, 1.54) is 124 Å². The molecule has 3 aliphatic heterocycles. The molecule has 648 valence electrons. The summed E-state index contributed by atoms with van der Waals surface area (Å²) in [5, 5.41) is 2.57. The van der Waals surface area contributed by atoms with Gasteiger partial charge in [0.15, 0.2) is 67.7 Å². The second-order valence-corrected chi connectivity index (χ2v) is 30.6. The summed E-state index contributed by atoms with van der Waals surface area (Å²) in [6.07, 6.45) is 4.75. The molecule has 1 N–H and O–H groups in total. The lowest BCUT2D eigenvalue weighted by Crippen LogP contribution is -2.69. The van der Waals surface area contributed by atoms with E-state index in [1.54, 1.807) is 0 Å². The molecule has 114 heavy (non-hydrogen) atoms. The van der Waals surface area contributed by atoms with E-state index in [0.717, 1.165) is 133 Å².